The van der Waals surface area contributed by atoms with Crippen LogP contribution in [-0.4, -0.2) is 0 Å². The maximum atomic E-state index is 13.7. The minimum absolute atomic E-state index is 0.0651. The van der Waals surface area contributed by atoms with E-state index in [0.717, 1.165) is 10.9 Å². The molecule has 1 heterocycles. The fourth-order valence-electron chi connectivity index (χ4n) is 1.74. The highest BCUT2D eigenvalue weighted by atomic mass is 32.1. The Hall–Kier alpha value is -1.33. The monoisotopic (exact) mass is 285 g/mol. The number of benzene rings is 1. The summed E-state index contributed by atoms with van der Waals surface area (Å²) in [5.74, 6) is -2.77. The summed E-state index contributed by atoms with van der Waals surface area (Å²) in [4.78, 5) is 1.34. The topological polar surface area (TPSA) is 26.0 Å². The maximum Gasteiger partial charge on any atom is 0.167 e. The standard InChI is InChI=1S/C14H14F3NS/c1-7(2)14(18)12-4-3-11(19-12)9-5-8(15)6-10(16)13(9)17/h3-7,14H,18H2,1-2H3. The first kappa shape index (κ1) is 14.1. The van der Waals surface area contributed by atoms with E-state index in [4.69, 9.17) is 5.73 Å². The Morgan fingerprint density at radius 1 is 1.11 bits per heavy atom. The Labute approximate surface area is 113 Å². The van der Waals surface area contributed by atoms with Crippen molar-refractivity contribution in [1.29, 1.82) is 0 Å². The van der Waals surface area contributed by atoms with Crippen LogP contribution in [0.15, 0.2) is 24.3 Å². The molecule has 0 bridgehead atoms. The predicted octanol–water partition coefficient (Wildman–Crippen LogP) is 4.49. The van der Waals surface area contributed by atoms with Crippen LogP contribution in [0.2, 0.25) is 0 Å². The van der Waals surface area contributed by atoms with Crippen molar-refractivity contribution in [3.8, 4) is 10.4 Å². The molecule has 19 heavy (non-hydrogen) atoms. The smallest absolute Gasteiger partial charge is 0.167 e. The molecule has 0 amide bonds. The van der Waals surface area contributed by atoms with Gasteiger partial charge < -0.3 is 5.73 Å². The Kier molecular flexibility index (Phi) is 3.96. The van der Waals surface area contributed by atoms with Crippen molar-refractivity contribution in [2.24, 2.45) is 11.7 Å². The average Bonchev–Trinajstić information content (AvgIpc) is 2.81. The summed E-state index contributed by atoms with van der Waals surface area (Å²) in [6, 6.07) is 4.77. The van der Waals surface area contributed by atoms with Crippen molar-refractivity contribution in [3.63, 3.8) is 0 Å². The zero-order chi connectivity index (χ0) is 14.2. The van der Waals surface area contributed by atoms with Gasteiger partial charge in [0, 0.05) is 27.4 Å². The number of thiophene rings is 1. The third kappa shape index (κ3) is 2.82. The molecule has 0 radical (unpaired) electrons. The molecule has 0 aliphatic heterocycles. The first-order valence-corrected chi connectivity index (χ1v) is 6.72. The summed E-state index contributed by atoms with van der Waals surface area (Å²) in [7, 11) is 0. The van der Waals surface area contributed by atoms with Gasteiger partial charge in [-0.15, -0.1) is 11.3 Å². The van der Waals surface area contributed by atoms with Crippen LogP contribution in [0.25, 0.3) is 10.4 Å². The lowest BCUT2D eigenvalue weighted by Crippen LogP contribution is -2.14. The maximum absolute atomic E-state index is 13.7. The lowest BCUT2D eigenvalue weighted by Gasteiger charge is -2.12. The summed E-state index contributed by atoms with van der Waals surface area (Å²) in [6.45, 7) is 3.96. The van der Waals surface area contributed by atoms with Gasteiger partial charge in [-0.05, 0) is 24.1 Å². The third-order valence-electron chi connectivity index (χ3n) is 2.93. The van der Waals surface area contributed by atoms with Crippen LogP contribution in [0, 0.1) is 23.4 Å². The molecule has 2 N–H and O–H groups in total. The van der Waals surface area contributed by atoms with Crippen molar-refractivity contribution in [2.75, 3.05) is 0 Å². The van der Waals surface area contributed by atoms with Crippen molar-refractivity contribution < 1.29 is 13.2 Å². The van der Waals surface area contributed by atoms with Crippen LogP contribution in [0.3, 0.4) is 0 Å². The second-order valence-corrected chi connectivity index (χ2v) is 5.84. The van der Waals surface area contributed by atoms with E-state index < -0.39 is 17.5 Å². The largest absolute Gasteiger partial charge is 0.323 e. The van der Waals surface area contributed by atoms with Gasteiger partial charge in [0.1, 0.15) is 5.82 Å². The number of hydrogen-bond acceptors (Lipinski definition) is 2. The predicted molar refractivity (Wildman–Crippen MR) is 71.4 cm³/mol. The van der Waals surface area contributed by atoms with Gasteiger partial charge in [0.05, 0.1) is 0 Å². The van der Waals surface area contributed by atoms with Gasteiger partial charge in [-0.3, -0.25) is 0 Å². The Morgan fingerprint density at radius 3 is 2.42 bits per heavy atom. The lowest BCUT2D eigenvalue weighted by molar-refractivity contribution is 0.498. The van der Waals surface area contributed by atoms with E-state index in [1.165, 1.54) is 11.3 Å². The van der Waals surface area contributed by atoms with Gasteiger partial charge in [0.25, 0.3) is 0 Å². The van der Waals surface area contributed by atoms with Crippen LogP contribution in [0.1, 0.15) is 24.8 Å². The molecule has 0 saturated carbocycles. The Morgan fingerprint density at radius 2 is 1.79 bits per heavy atom. The van der Waals surface area contributed by atoms with E-state index in [1.807, 2.05) is 13.8 Å². The molecule has 2 aromatic rings. The van der Waals surface area contributed by atoms with Gasteiger partial charge in [-0.1, -0.05) is 13.8 Å². The molecule has 0 aliphatic rings. The molecular formula is C14H14F3NS. The van der Waals surface area contributed by atoms with E-state index in [0.29, 0.717) is 10.9 Å². The van der Waals surface area contributed by atoms with E-state index in [2.05, 4.69) is 0 Å². The molecule has 1 aromatic heterocycles. The number of halogens is 3. The molecule has 0 fully saturated rings. The number of nitrogens with two attached hydrogens (primary N) is 1. The van der Waals surface area contributed by atoms with Gasteiger partial charge >= 0.3 is 0 Å². The number of rotatable bonds is 3. The van der Waals surface area contributed by atoms with Crippen molar-refractivity contribution in [3.05, 3.63) is 46.6 Å². The highest BCUT2D eigenvalue weighted by Gasteiger charge is 2.17. The highest BCUT2D eigenvalue weighted by molar-refractivity contribution is 7.15. The number of hydrogen-bond donors (Lipinski definition) is 1. The summed E-state index contributed by atoms with van der Waals surface area (Å²) >= 11 is 1.26. The van der Waals surface area contributed by atoms with Crippen LogP contribution in [0.4, 0.5) is 13.2 Å². The quantitative estimate of drug-likeness (QED) is 0.826. The minimum Gasteiger partial charge on any atom is -0.323 e. The average molecular weight is 285 g/mol. The van der Waals surface area contributed by atoms with Gasteiger partial charge in [0.15, 0.2) is 11.6 Å². The molecule has 0 aliphatic carbocycles. The normalized spacial score (nSPS) is 13.0. The summed E-state index contributed by atoms with van der Waals surface area (Å²) in [6.07, 6.45) is 0. The van der Waals surface area contributed by atoms with E-state index in [9.17, 15) is 13.2 Å². The molecule has 1 nitrogen and oxygen atoms in total. The minimum atomic E-state index is -1.18. The molecule has 1 atom stereocenters. The van der Waals surface area contributed by atoms with Gasteiger partial charge in [0.2, 0.25) is 0 Å². The lowest BCUT2D eigenvalue weighted by atomic mass is 10.0. The van der Waals surface area contributed by atoms with Crippen LogP contribution < -0.4 is 5.73 Å². The van der Waals surface area contributed by atoms with Crippen LogP contribution >= 0.6 is 11.3 Å². The second-order valence-electron chi connectivity index (χ2n) is 4.72. The Bertz CT molecular complexity index is 592. The third-order valence-corrected chi connectivity index (χ3v) is 4.15. The van der Waals surface area contributed by atoms with Gasteiger partial charge in [-0.2, -0.15) is 0 Å². The molecule has 102 valence electrons. The van der Waals surface area contributed by atoms with E-state index in [-0.39, 0.29) is 17.5 Å². The second kappa shape index (κ2) is 5.35. The summed E-state index contributed by atoms with van der Waals surface area (Å²) < 4.78 is 40.0. The highest BCUT2D eigenvalue weighted by Crippen LogP contribution is 2.35. The van der Waals surface area contributed by atoms with Crippen molar-refractivity contribution in [1.82, 2.24) is 0 Å². The van der Waals surface area contributed by atoms with Crippen LogP contribution in [-0.2, 0) is 0 Å². The van der Waals surface area contributed by atoms with Crippen molar-refractivity contribution >= 4 is 11.3 Å². The molecule has 5 heteroatoms. The SMILES string of the molecule is CC(C)C(N)c1ccc(-c2cc(F)cc(F)c2F)s1. The van der Waals surface area contributed by atoms with Crippen LogP contribution in [0.5, 0.6) is 0 Å². The zero-order valence-electron chi connectivity index (χ0n) is 10.6. The van der Waals surface area contributed by atoms with Crippen molar-refractivity contribution in [2.45, 2.75) is 19.9 Å². The zero-order valence-corrected chi connectivity index (χ0v) is 11.4. The fraction of sp³-hybridized carbons (Fsp3) is 0.286. The Balaban J connectivity index is 2.44. The molecule has 0 saturated heterocycles. The fourth-order valence-corrected chi connectivity index (χ4v) is 2.93. The molecule has 1 aromatic carbocycles. The first-order valence-electron chi connectivity index (χ1n) is 5.90. The summed E-state index contributed by atoms with van der Waals surface area (Å²) in [5, 5.41) is 0. The summed E-state index contributed by atoms with van der Waals surface area (Å²) in [5.41, 5.74) is 5.93. The molecule has 2 rings (SSSR count). The molecular weight excluding hydrogens is 271 g/mol. The first-order chi connectivity index (χ1) is 8.90. The van der Waals surface area contributed by atoms with E-state index in [1.54, 1.807) is 12.1 Å². The van der Waals surface area contributed by atoms with Gasteiger partial charge in [-0.25, -0.2) is 13.2 Å². The molecule has 0 spiro atoms. The molecule has 1 unspecified atom stereocenters. The van der Waals surface area contributed by atoms with E-state index >= 15 is 0 Å².